The average Bonchev–Trinajstić information content (AvgIpc) is 2.29. The number of hydrogen-bond acceptors (Lipinski definition) is 2. The highest BCUT2D eigenvalue weighted by Gasteiger charge is 2.26. The van der Waals surface area contributed by atoms with Crippen molar-refractivity contribution in [1.82, 2.24) is 5.32 Å². The first kappa shape index (κ1) is 14.0. The van der Waals surface area contributed by atoms with Gasteiger partial charge in [0.15, 0.2) is 0 Å². The molecule has 0 radical (unpaired) electrons. The van der Waals surface area contributed by atoms with Crippen molar-refractivity contribution in [2.45, 2.75) is 65.0 Å². The monoisotopic (exact) mass is 227 g/mol. The molecule has 0 aromatic carbocycles. The van der Waals surface area contributed by atoms with Crippen LogP contribution in [-0.4, -0.2) is 25.8 Å². The van der Waals surface area contributed by atoms with E-state index in [1.807, 2.05) is 0 Å². The van der Waals surface area contributed by atoms with Gasteiger partial charge in [-0.15, -0.1) is 0 Å². The number of hydrogen-bond donors (Lipinski definition) is 1. The number of nitrogens with one attached hydrogen (secondary N) is 1. The van der Waals surface area contributed by atoms with E-state index in [4.69, 9.17) is 4.74 Å². The van der Waals surface area contributed by atoms with Gasteiger partial charge >= 0.3 is 0 Å². The van der Waals surface area contributed by atoms with Gasteiger partial charge in [-0.25, -0.2) is 0 Å². The second kappa shape index (κ2) is 7.29. The van der Waals surface area contributed by atoms with Crippen LogP contribution in [0.5, 0.6) is 0 Å². The smallest absolute Gasteiger partial charge is 0.0618 e. The second-order valence-electron chi connectivity index (χ2n) is 5.53. The summed E-state index contributed by atoms with van der Waals surface area (Å²) in [5, 5.41) is 3.83. The zero-order valence-corrected chi connectivity index (χ0v) is 11.5. The maximum atomic E-state index is 5.31. The molecule has 0 heterocycles. The van der Waals surface area contributed by atoms with Gasteiger partial charge in [-0.3, -0.25) is 0 Å². The van der Waals surface area contributed by atoms with Crippen LogP contribution in [0.4, 0.5) is 0 Å². The van der Waals surface area contributed by atoms with Gasteiger partial charge in [0.25, 0.3) is 0 Å². The van der Waals surface area contributed by atoms with Crippen LogP contribution >= 0.6 is 0 Å². The fraction of sp³-hybridized carbons (Fsp3) is 1.00. The third-order valence-electron chi connectivity index (χ3n) is 4.01. The lowest BCUT2D eigenvalue weighted by Gasteiger charge is -2.36. The Morgan fingerprint density at radius 2 is 1.94 bits per heavy atom. The number of methoxy groups -OCH3 is 1. The molecule has 0 amide bonds. The van der Waals surface area contributed by atoms with Crippen LogP contribution in [0.2, 0.25) is 0 Å². The third kappa shape index (κ3) is 4.06. The molecular weight excluding hydrogens is 198 g/mol. The quantitative estimate of drug-likeness (QED) is 0.752. The Labute approximate surface area is 101 Å². The fourth-order valence-electron chi connectivity index (χ4n) is 2.80. The molecule has 3 unspecified atom stereocenters. The molecule has 1 aliphatic rings. The average molecular weight is 227 g/mol. The summed E-state index contributed by atoms with van der Waals surface area (Å²) in [6.07, 6.45) is 6.89. The van der Waals surface area contributed by atoms with Crippen molar-refractivity contribution in [1.29, 1.82) is 0 Å². The Hall–Kier alpha value is -0.0800. The zero-order chi connectivity index (χ0) is 12.0. The van der Waals surface area contributed by atoms with Gasteiger partial charge < -0.3 is 10.1 Å². The van der Waals surface area contributed by atoms with Crippen LogP contribution < -0.4 is 5.32 Å². The van der Waals surface area contributed by atoms with E-state index in [0.29, 0.717) is 12.0 Å². The second-order valence-corrected chi connectivity index (χ2v) is 5.53. The van der Waals surface area contributed by atoms with Crippen LogP contribution in [0.3, 0.4) is 0 Å². The lowest BCUT2D eigenvalue weighted by molar-refractivity contribution is 0.123. The SMILES string of the molecule is CCC1CCCCC1NC(COC)C(C)C. The van der Waals surface area contributed by atoms with E-state index in [2.05, 4.69) is 26.1 Å². The van der Waals surface area contributed by atoms with Crippen LogP contribution in [-0.2, 0) is 4.74 Å². The first-order chi connectivity index (χ1) is 7.69. The predicted molar refractivity (Wildman–Crippen MR) is 69.7 cm³/mol. The molecule has 0 spiro atoms. The molecule has 1 aliphatic carbocycles. The van der Waals surface area contributed by atoms with E-state index < -0.39 is 0 Å². The summed E-state index contributed by atoms with van der Waals surface area (Å²) >= 11 is 0. The fourth-order valence-corrected chi connectivity index (χ4v) is 2.80. The van der Waals surface area contributed by atoms with Gasteiger partial charge in [0.2, 0.25) is 0 Å². The summed E-state index contributed by atoms with van der Waals surface area (Å²) in [4.78, 5) is 0. The molecule has 0 aliphatic heterocycles. The minimum atomic E-state index is 0.516. The maximum absolute atomic E-state index is 5.31. The molecule has 2 heteroatoms. The highest BCUT2D eigenvalue weighted by atomic mass is 16.5. The molecule has 1 saturated carbocycles. The van der Waals surface area contributed by atoms with Crippen molar-refractivity contribution < 1.29 is 4.74 Å². The largest absolute Gasteiger partial charge is 0.383 e. The summed E-state index contributed by atoms with van der Waals surface area (Å²) in [5.41, 5.74) is 0. The summed E-state index contributed by atoms with van der Waals surface area (Å²) in [7, 11) is 1.80. The molecule has 1 rings (SSSR count). The van der Waals surface area contributed by atoms with Gasteiger partial charge in [0.1, 0.15) is 0 Å². The number of rotatable bonds is 6. The standard InChI is InChI=1S/C14H29NO/c1-5-12-8-6-7-9-13(12)15-14(10-16-4)11(2)3/h11-15H,5-10H2,1-4H3. The minimum Gasteiger partial charge on any atom is -0.383 e. The lowest BCUT2D eigenvalue weighted by atomic mass is 9.82. The molecule has 0 bridgehead atoms. The van der Waals surface area contributed by atoms with Crippen molar-refractivity contribution in [3.63, 3.8) is 0 Å². The molecule has 0 aromatic rings. The Morgan fingerprint density at radius 1 is 1.25 bits per heavy atom. The van der Waals surface area contributed by atoms with Gasteiger partial charge in [-0.2, -0.15) is 0 Å². The highest BCUT2D eigenvalue weighted by molar-refractivity contribution is 4.84. The minimum absolute atomic E-state index is 0.516. The van der Waals surface area contributed by atoms with Crippen LogP contribution in [0.1, 0.15) is 52.9 Å². The van der Waals surface area contributed by atoms with Crippen molar-refractivity contribution >= 4 is 0 Å². The molecular formula is C14H29NO. The zero-order valence-electron chi connectivity index (χ0n) is 11.5. The molecule has 0 aromatic heterocycles. The van der Waals surface area contributed by atoms with Crippen molar-refractivity contribution in [2.24, 2.45) is 11.8 Å². The van der Waals surface area contributed by atoms with Gasteiger partial charge in [0.05, 0.1) is 6.61 Å². The first-order valence-electron chi connectivity index (χ1n) is 6.94. The summed E-state index contributed by atoms with van der Waals surface area (Å²) in [5.74, 6) is 1.53. The van der Waals surface area contributed by atoms with E-state index in [1.54, 1.807) is 7.11 Å². The van der Waals surface area contributed by atoms with Gasteiger partial charge in [0, 0.05) is 19.2 Å². The molecule has 0 saturated heterocycles. The lowest BCUT2D eigenvalue weighted by Crippen LogP contribution is -2.48. The Morgan fingerprint density at radius 3 is 2.50 bits per heavy atom. The first-order valence-corrected chi connectivity index (χ1v) is 6.94. The molecule has 1 fully saturated rings. The van der Waals surface area contributed by atoms with Gasteiger partial charge in [-0.1, -0.05) is 40.0 Å². The molecule has 1 N–H and O–H groups in total. The molecule has 96 valence electrons. The van der Waals surface area contributed by atoms with Crippen LogP contribution in [0.15, 0.2) is 0 Å². The number of ether oxygens (including phenoxy) is 1. The summed E-state index contributed by atoms with van der Waals surface area (Å²) < 4.78 is 5.31. The van der Waals surface area contributed by atoms with E-state index in [9.17, 15) is 0 Å². The van der Waals surface area contributed by atoms with Crippen LogP contribution in [0, 0.1) is 11.8 Å². The third-order valence-corrected chi connectivity index (χ3v) is 4.01. The van der Waals surface area contributed by atoms with Crippen molar-refractivity contribution in [2.75, 3.05) is 13.7 Å². The topological polar surface area (TPSA) is 21.3 Å². The Balaban J connectivity index is 2.47. The maximum Gasteiger partial charge on any atom is 0.0618 e. The normalized spacial score (nSPS) is 28.3. The van der Waals surface area contributed by atoms with E-state index >= 15 is 0 Å². The van der Waals surface area contributed by atoms with Gasteiger partial charge in [-0.05, 0) is 24.7 Å². The predicted octanol–water partition coefficient (Wildman–Crippen LogP) is 3.22. The van der Waals surface area contributed by atoms with Crippen molar-refractivity contribution in [3.05, 3.63) is 0 Å². The van der Waals surface area contributed by atoms with E-state index in [1.165, 1.54) is 32.1 Å². The van der Waals surface area contributed by atoms with E-state index in [0.717, 1.165) is 18.6 Å². The molecule has 2 nitrogen and oxygen atoms in total. The Kier molecular flexibility index (Phi) is 6.37. The van der Waals surface area contributed by atoms with Crippen molar-refractivity contribution in [3.8, 4) is 0 Å². The summed E-state index contributed by atoms with van der Waals surface area (Å²) in [6.45, 7) is 7.72. The van der Waals surface area contributed by atoms with Crippen LogP contribution in [0.25, 0.3) is 0 Å². The highest BCUT2D eigenvalue weighted by Crippen LogP contribution is 2.27. The Bertz CT molecular complexity index is 182. The molecule has 16 heavy (non-hydrogen) atoms. The summed E-state index contributed by atoms with van der Waals surface area (Å²) in [6, 6.07) is 1.24. The molecule has 3 atom stereocenters. The van der Waals surface area contributed by atoms with E-state index in [-0.39, 0.29) is 0 Å².